The first-order valence-corrected chi connectivity index (χ1v) is 10.7. The summed E-state index contributed by atoms with van der Waals surface area (Å²) in [6, 6.07) is 9.11. The molecule has 1 aromatic carbocycles. The molecule has 3 heterocycles. The lowest BCUT2D eigenvalue weighted by molar-refractivity contribution is 0.0687. The van der Waals surface area contributed by atoms with Crippen molar-refractivity contribution in [1.29, 1.82) is 0 Å². The highest BCUT2D eigenvalue weighted by Gasteiger charge is 2.20. The van der Waals surface area contributed by atoms with Crippen molar-refractivity contribution in [3.05, 3.63) is 54.7 Å². The van der Waals surface area contributed by atoms with Crippen molar-refractivity contribution in [2.75, 3.05) is 18.5 Å². The van der Waals surface area contributed by atoms with Crippen LogP contribution in [0.5, 0.6) is 0 Å². The molecule has 0 aliphatic rings. The van der Waals surface area contributed by atoms with Gasteiger partial charge in [0.05, 0.1) is 22.5 Å². The number of carbonyl (C=O) groups is 1. The van der Waals surface area contributed by atoms with Gasteiger partial charge in [0.2, 0.25) is 0 Å². The summed E-state index contributed by atoms with van der Waals surface area (Å²) in [5, 5.41) is 24.7. The molecule has 164 valence electrons. The number of aliphatic hydroxyl groups is 2. The molecule has 0 saturated heterocycles. The Bertz CT molecular complexity index is 1240. The second-order valence-electron chi connectivity index (χ2n) is 7.56. The third kappa shape index (κ3) is 4.72. The number of carbonyl (C=O) groups excluding carboxylic acids is 1. The van der Waals surface area contributed by atoms with Crippen LogP contribution >= 0.6 is 11.3 Å². The summed E-state index contributed by atoms with van der Waals surface area (Å²) < 4.78 is 0.874. The highest BCUT2D eigenvalue weighted by Crippen LogP contribution is 2.38. The molecule has 32 heavy (non-hydrogen) atoms. The first kappa shape index (κ1) is 21.8. The zero-order chi connectivity index (χ0) is 22.7. The minimum Gasteiger partial charge on any atom is -0.395 e. The fourth-order valence-electron chi connectivity index (χ4n) is 3.07. The quantitative estimate of drug-likeness (QED) is 0.355. The molecule has 2 amide bonds. The van der Waals surface area contributed by atoms with E-state index in [0.29, 0.717) is 16.5 Å². The van der Waals surface area contributed by atoms with Crippen LogP contribution in [-0.2, 0) is 5.60 Å². The van der Waals surface area contributed by atoms with Crippen LogP contribution in [0.4, 0.5) is 9.93 Å². The first-order valence-electron chi connectivity index (χ1n) is 9.92. The van der Waals surface area contributed by atoms with Crippen LogP contribution in [-0.4, -0.2) is 49.3 Å². The molecule has 10 heteroatoms. The van der Waals surface area contributed by atoms with Crippen LogP contribution in [0.2, 0.25) is 0 Å². The number of aliphatic hydroxyl groups excluding tert-OH is 1. The van der Waals surface area contributed by atoms with E-state index in [-0.39, 0.29) is 13.2 Å². The molecular weight excluding hydrogens is 428 g/mol. The fourth-order valence-corrected chi connectivity index (χ4v) is 4.03. The first-order chi connectivity index (χ1) is 15.3. The molecule has 4 N–H and O–H groups in total. The summed E-state index contributed by atoms with van der Waals surface area (Å²) in [5.74, 6) is 0.335. The average molecular weight is 451 g/mol. The van der Waals surface area contributed by atoms with Gasteiger partial charge in [0.15, 0.2) is 11.0 Å². The molecule has 0 radical (unpaired) electrons. The lowest BCUT2D eigenvalue weighted by atomic mass is 10.0. The van der Waals surface area contributed by atoms with E-state index in [1.165, 1.54) is 11.3 Å². The highest BCUT2D eigenvalue weighted by atomic mass is 32.1. The van der Waals surface area contributed by atoms with Gasteiger partial charge in [-0.3, -0.25) is 10.3 Å². The number of anilines is 1. The minimum atomic E-state index is -1.13. The van der Waals surface area contributed by atoms with Crippen molar-refractivity contribution >= 4 is 32.7 Å². The number of fused-ring (bicyclic) bond motifs is 1. The van der Waals surface area contributed by atoms with Crippen molar-refractivity contribution in [3.8, 4) is 22.4 Å². The van der Waals surface area contributed by atoms with E-state index >= 15 is 0 Å². The molecule has 0 atom stereocenters. The number of rotatable bonds is 6. The summed E-state index contributed by atoms with van der Waals surface area (Å²) in [4.78, 5) is 29.6. The second kappa shape index (κ2) is 8.95. The van der Waals surface area contributed by atoms with E-state index < -0.39 is 11.6 Å². The minimum absolute atomic E-state index is 0.144. The van der Waals surface area contributed by atoms with Gasteiger partial charge in [0.25, 0.3) is 0 Å². The van der Waals surface area contributed by atoms with Crippen molar-refractivity contribution in [1.82, 2.24) is 25.3 Å². The number of thiazole rings is 1. The summed E-state index contributed by atoms with van der Waals surface area (Å²) >= 11 is 1.34. The molecule has 4 aromatic rings. The monoisotopic (exact) mass is 450 g/mol. The van der Waals surface area contributed by atoms with Crippen molar-refractivity contribution in [2.45, 2.75) is 19.4 Å². The molecule has 0 spiro atoms. The predicted molar refractivity (Wildman–Crippen MR) is 123 cm³/mol. The van der Waals surface area contributed by atoms with Gasteiger partial charge < -0.3 is 15.5 Å². The van der Waals surface area contributed by atoms with Gasteiger partial charge >= 0.3 is 6.03 Å². The van der Waals surface area contributed by atoms with E-state index in [0.717, 1.165) is 27.1 Å². The van der Waals surface area contributed by atoms with E-state index in [1.807, 2.05) is 30.3 Å². The molecule has 0 unspecified atom stereocenters. The zero-order valence-electron chi connectivity index (χ0n) is 17.5. The fraction of sp³-hybridized carbons (Fsp3) is 0.227. The summed E-state index contributed by atoms with van der Waals surface area (Å²) in [5.41, 5.74) is 2.80. The standard InChI is InChI=1S/C22H22N6O3S/c1-22(2,31)19-25-11-14(12-26-19)13-9-15(16-5-3-4-6-23-16)18-17(10-13)27-21(32-18)28-20(30)24-7-8-29/h3-6,9-12,29,31H,7-8H2,1-2H3,(H2,24,27,28,30). The second-order valence-corrected chi connectivity index (χ2v) is 8.56. The Labute approximate surface area is 188 Å². The van der Waals surface area contributed by atoms with Gasteiger partial charge in [-0.25, -0.2) is 19.7 Å². The van der Waals surface area contributed by atoms with Crippen LogP contribution < -0.4 is 10.6 Å². The van der Waals surface area contributed by atoms with Gasteiger partial charge in [-0.05, 0) is 43.7 Å². The Morgan fingerprint density at radius 1 is 1.12 bits per heavy atom. The Kier molecular flexibility index (Phi) is 6.08. The zero-order valence-corrected chi connectivity index (χ0v) is 18.3. The summed E-state index contributed by atoms with van der Waals surface area (Å²) in [6.07, 6.45) is 5.05. The Morgan fingerprint density at radius 3 is 2.56 bits per heavy atom. The SMILES string of the molecule is CC(C)(O)c1ncc(-c2cc(-c3ccccn3)c3sc(NC(=O)NCCO)nc3c2)cn1. The van der Waals surface area contributed by atoms with Crippen LogP contribution in [0.25, 0.3) is 32.6 Å². The highest BCUT2D eigenvalue weighted by molar-refractivity contribution is 7.22. The number of hydrogen-bond acceptors (Lipinski definition) is 8. The smallest absolute Gasteiger partial charge is 0.321 e. The molecule has 0 aliphatic carbocycles. The Morgan fingerprint density at radius 2 is 1.91 bits per heavy atom. The molecular formula is C22H22N6O3S. The normalized spacial score (nSPS) is 11.5. The van der Waals surface area contributed by atoms with Crippen LogP contribution in [0, 0.1) is 0 Å². The van der Waals surface area contributed by atoms with Crippen LogP contribution in [0.1, 0.15) is 19.7 Å². The predicted octanol–water partition coefficient (Wildman–Crippen LogP) is 3.16. The number of nitrogens with zero attached hydrogens (tertiary/aromatic N) is 4. The third-order valence-electron chi connectivity index (χ3n) is 4.58. The van der Waals surface area contributed by atoms with Crippen LogP contribution in [0.3, 0.4) is 0 Å². The lowest BCUT2D eigenvalue weighted by Gasteiger charge is -2.15. The molecule has 0 fully saturated rings. The molecule has 0 aliphatic heterocycles. The van der Waals surface area contributed by atoms with Gasteiger partial charge in [-0.15, -0.1) is 0 Å². The molecule has 9 nitrogen and oxygen atoms in total. The maximum atomic E-state index is 12.0. The number of hydrogen-bond donors (Lipinski definition) is 4. The molecule has 4 rings (SSSR count). The van der Waals surface area contributed by atoms with Gasteiger partial charge in [0.1, 0.15) is 5.60 Å². The van der Waals surface area contributed by atoms with E-state index in [1.54, 1.807) is 32.4 Å². The van der Waals surface area contributed by atoms with Crippen molar-refractivity contribution in [2.24, 2.45) is 0 Å². The Balaban J connectivity index is 1.78. The maximum absolute atomic E-state index is 12.0. The van der Waals surface area contributed by atoms with Crippen molar-refractivity contribution < 1.29 is 15.0 Å². The molecule has 0 saturated carbocycles. The average Bonchev–Trinajstić information content (AvgIpc) is 3.19. The van der Waals surface area contributed by atoms with Crippen LogP contribution in [0.15, 0.2) is 48.9 Å². The largest absolute Gasteiger partial charge is 0.395 e. The molecule has 0 bridgehead atoms. The number of urea groups is 1. The summed E-state index contributed by atoms with van der Waals surface area (Å²) in [7, 11) is 0. The number of amides is 2. The molecule has 3 aromatic heterocycles. The number of aromatic nitrogens is 4. The summed E-state index contributed by atoms with van der Waals surface area (Å²) in [6.45, 7) is 3.27. The van der Waals surface area contributed by atoms with E-state index in [4.69, 9.17) is 5.11 Å². The lowest BCUT2D eigenvalue weighted by Crippen LogP contribution is -2.30. The number of nitrogens with one attached hydrogen (secondary N) is 2. The topological polar surface area (TPSA) is 133 Å². The van der Waals surface area contributed by atoms with Gasteiger partial charge in [-0.1, -0.05) is 17.4 Å². The Hall–Kier alpha value is -3.47. The van der Waals surface area contributed by atoms with E-state index in [2.05, 4.69) is 30.6 Å². The van der Waals surface area contributed by atoms with Gasteiger partial charge in [-0.2, -0.15) is 0 Å². The van der Waals surface area contributed by atoms with Gasteiger partial charge in [0, 0.05) is 36.3 Å². The number of pyridine rings is 1. The number of benzene rings is 1. The third-order valence-corrected chi connectivity index (χ3v) is 5.60. The van der Waals surface area contributed by atoms with E-state index in [9.17, 15) is 9.90 Å². The van der Waals surface area contributed by atoms with Crippen molar-refractivity contribution in [3.63, 3.8) is 0 Å². The maximum Gasteiger partial charge on any atom is 0.321 e.